The molecule has 0 bridgehead atoms. The molecule has 3 heteroatoms. The Balaban J connectivity index is 2.51. The molecule has 2 rings (SSSR count). The first-order chi connectivity index (χ1) is 5.59. The Morgan fingerprint density at radius 3 is 2.92 bits per heavy atom. The highest BCUT2D eigenvalue weighted by Gasteiger charge is 2.32. The molecule has 0 saturated carbocycles. The van der Waals surface area contributed by atoms with Crippen molar-refractivity contribution in [3.8, 4) is 0 Å². The molecule has 0 radical (unpaired) electrons. The maximum Gasteiger partial charge on any atom is 0.191 e. The van der Waals surface area contributed by atoms with E-state index in [4.69, 9.17) is 4.42 Å². The number of nitrogens with zero attached hydrogens (tertiary/aromatic N) is 1. The lowest BCUT2D eigenvalue weighted by molar-refractivity contribution is 0.333. The zero-order valence-corrected chi connectivity index (χ0v) is 7.77. The average Bonchev–Trinajstić information content (AvgIpc) is 2.30. The monoisotopic (exact) mass is 166 g/mol. The predicted octanol–water partition coefficient (Wildman–Crippen LogP) is 1.36. The molecule has 0 unspecified atom stereocenters. The highest BCUT2D eigenvalue weighted by atomic mass is 16.4. The van der Waals surface area contributed by atoms with Crippen molar-refractivity contribution in [1.82, 2.24) is 10.3 Å². The lowest BCUT2D eigenvalue weighted by Crippen LogP contribution is -2.38. The lowest BCUT2D eigenvalue weighted by atomic mass is 9.86. The first-order valence-corrected chi connectivity index (χ1v) is 4.27. The van der Waals surface area contributed by atoms with Gasteiger partial charge in [-0.3, -0.25) is 0 Å². The summed E-state index contributed by atoms with van der Waals surface area (Å²) in [4.78, 5) is 4.32. The molecule has 1 N–H and O–H groups in total. The highest BCUT2D eigenvalue weighted by Crippen LogP contribution is 2.29. The molecule has 12 heavy (non-hydrogen) atoms. The molecule has 0 amide bonds. The molecule has 1 aliphatic rings. The standard InChI is InChI=1S/C9H14N2O/c1-6-11-7-4-10-5-9(2,3)8(7)12-6/h10H,4-5H2,1-3H3. The molecule has 0 saturated heterocycles. The van der Waals surface area contributed by atoms with Crippen molar-refractivity contribution in [3.05, 3.63) is 17.3 Å². The minimum absolute atomic E-state index is 0.0921. The Kier molecular flexibility index (Phi) is 1.51. The number of aryl methyl sites for hydroxylation is 1. The van der Waals surface area contributed by atoms with Crippen molar-refractivity contribution in [2.75, 3.05) is 6.54 Å². The van der Waals surface area contributed by atoms with E-state index in [1.807, 2.05) is 6.92 Å². The van der Waals surface area contributed by atoms with Crippen LogP contribution in [0.25, 0.3) is 0 Å². The molecule has 0 aromatic carbocycles. The van der Waals surface area contributed by atoms with Crippen molar-refractivity contribution in [3.63, 3.8) is 0 Å². The maximum atomic E-state index is 5.57. The molecule has 2 heterocycles. The Morgan fingerprint density at radius 1 is 1.50 bits per heavy atom. The maximum absolute atomic E-state index is 5.57. The van der Waals surface area contributed by atoms with Crippen LogP contribution >= 0.6 is 0 Å². The van der Waals surface area contributed by atoms with Gasteiger partial charge in [0.15, 0.2) is 5.89 Å². The van der Waals surface area contributed by atoms with Gasteiger partial charge < -0.3 is 9.73 Å². The van der Waals surface area contributed by atoms with Gasteiger partial charge in [-0.2, -0.15) is 0 Å². The summed E-state index contributed by atoms with van der Waals surface area (Å²) in [6.07, 6.45) is 0. The molecule has 0 atom stereocenters. The number of oxazole rings is 1. The fraction of sp³-hybridized carbons (Fsp3) is 0.667. The number of hydrogen-bond donors (Lipinski definition) is 1. The van der Waals surface area contributed by atoms with Gasteiger partial charge in [0.05, 0.1) is 5.69 Å². The van der Waals surface area contributed by atoms with E-state index in [0.717, 1.165) is 30.4 Å². The minimum Gasteiger partial charge on any atom is -0.445 e. The minimum atomic E-state index is 0.0921. The van der Waals surface area contributed by atoms with E-state index >= 15 is 0 Å². The van der Waals surface area contributed by atoms with E-state index in [9.17, 15) is 0 Å². The van der Waals surface area contributed by atoms with Crippen LogP contribution in [-0.2, 0) is 12.0 Å². The van der Waals surface area contributed by atoms with Crippen molar-refractivity contribution in [2.45, 2.75) is 32.7 Å². The smallest absolute Gasteiger partial charge is 0.191 e. The van der Waals surface area contributed by atoms with E-state index in [1.165, 1.54) is 0 Å². The summed E-state index contributed by atoms with van der Waals surface area (Å²) < 4.78 is 5.57. The zero-order chi connectivity index (χ0) is 8.77. The Labute approximate surface area is 72.2 Å². The van der Waals surface area contributed by atoms with E-state index < -0.39 is 0 Å². The summed E-state index contributed by atoms with van der Waals surface area (Å²) in [6, 6.07) is 0. The van der Waals surface area contributed by atoms with Crippen LogP contribution in [-0.4, -0.2) is 11.5 Å². The Hall–Kier alpha value is -0.830. The van der Waals surface area contributed by atoms with Crippen molar-refractivity contribution >= 4 is 0 Å². The Bertz CT molecular complexity index is 301. The number of aromatic nitrogens is 1. The van der Waals surface area contributed by atoms with Crippen LogP contribution < -0.4 is 5.32 Å². The highest BCUT2D eigenvalue weighted by molar-refractivity contribution is 5.22. The fourth-order valence-corrected chi connectivity index (χ4v) is 1.69. The van der Waals surface area contributed by atoms with Crippen LogP contribution in [0.1, 0.15) is 31.2 Å². The topological polar surface area (TPSA) is 38.1 Å². The van der Waals surface area contributed by atoms with Gasteiger partial charge in [-0.25, -0.2) is 4.98 Å². The summed E-state index contributed by atoms with van der Waals surface area (Å²) >= 11 is 0. The van der Waals surface area contributed by atoms with Gasteiger partial charge in [0.2, 0.25) is 0 Å². The van der Waals surface area contributed by atoms with Gasteiger partial charge in [-0.05, 0) is 0 Å². The normalized spacial score (nSPS) is 20.6. The largest absolute Gasteiger partial charge is 0.445 e. The Morgan fingerprint density at radius 2 is 2.25 bits per heavy atom. The number of hydrogen-bond acceptors (Lipinski definition) is 3. The quantitative estimate of drug-likeness (QED) is 0.632. The molecule has 3 nitrogen and oxygen atoms in total. The molecular weight excluding hydrogens is 152 g/mol. The zero-order valence-electron chi connectivity index (χ0n) is 7.77. The predicted molar refractivity (Wildman–Crippen MR) is 46.0 cm³/mol. The van der Waals surface area contributed by atoms with Gasteiger partial charge in [0.25, 0.3) is 0 Å². The SMILES string of the molecule is Cc1nc2c(o1)C(C)(C)CNC2. The first-order valence-electron chi connectivity index (χ1n) is 4.27. The van der Waals surface area contributed by atoms with Gasteiger partial charge >= 0.3 is 0 Å². The first kappa shape index (κ1) is 7.80. The molecule has 1 aliphatic heterocycles. The van der Waals surface area contributed by atoms with E-state index in [1.54, 1.807) is 0 Å². The summed E-state index contributed by atoms with van der Waals surface area (Å²) in [5.41, 5.74) is 1.17. The third kappa shape index (κ3) is 1.05. The van der Waals surface area contributed by atoms with Crippen molar-refractivity contribution in [2.24, 2.45) is 0 Å². The fourth-order valence-electron chi connectivity index (χ4n) is 1.69. The number of rotatable bonds is 0. The van der Waals surface area contributed by atoms with E-state index in [2.05, 4.69) is 24.1 Å². The lowest BCUT2D eigenvalue weighted by Gasteiger charge is -2.27. The third-order valence-electron chi connectivity index (χ3n) is 2.28. The van der Waals surface area contributed by atoms with Gasteiger partial charge in [-0.1, -0.05) is 13.8 Å². The third-order valence-corrected chi connectivity index (χ3v) is 2.28. The molecule has 66 valence electrons. The van der Waals surface area contributed by atoms with E-state index in [-0.39, 0.29) is 5.41 Å². The van der Waals surface area contributed by atoms with Crippen LogP contribution in [0.3, 0.4) is 0 Å². The second kappa shape index (κ2) is 2.33. The van der Waals surface area contributed by atoms with Gasteiger partial charge in [0, 0.05) is 25.4 Å². The van der Waals surface area contributed by atoms with Crippen LogP contribution in [0.2, 0.25) is 0 Å². The van der Waals surface area contributed by atoms with Gasteiger partial charge in [0.1, 0.15) is 5.76 Å². The summed E-state index contributed by atoms with van der Waals surface area (Å²) in [5, 5.41) is 3.32. The van der Waals surface area contributed by atoms with E-state index in [0.29, 0.717) is 0 Å². The molecule has 1 aromatic rings. The summed E-state index contributed by atoms with van der Waals surface area (Å²) in [6.45, 7) is 8.05. The second-order valence-corrected chi connectivity index (χ2v) is 4.00. The van der Waals surface area contributed by atoms with Gasteiger partial charge in [-0.15, -0.1) is 0 Å². The summed E-state index contributed by atoms with van der Waals surface area (Å²) in [7, 11) is 0. The average molecular weight is 166 g/mol. The van der Waals surface area contributed by atoms with Crippen LogP contribution in [0, 0.1) is 6.92 Å². The summed E-state index contributed by atoms with van der Waals surface area (Å²) in [5.74, 6) is 1.83. The number of fused-ring (bicyclic) bond motifs is 1. The molecular formula is C9H14N2O. The van der Waals surface area contributed by atoms with Crippen molar-refractivity contribution in [1.29, 1.82) is 0 Å². The molecule has 0 spiro atoms. The second-order valence-electron chi connectivity index (χ2n) is 4.00. The van der Waals surface area contributed by atoms with Crippen LogP contribution in [0.5, 0.6) is 0 Å². The number of nitrogens with one attached hydrogen (secondary N) is 1. The molecule has 0 aliphatic carbocycles. The van der Waals surface area contributed by atoms with Crippen molar-refractivity contribution < 1.29 is 4.42 Å². The van der Waals surface area contributed by atoms with Crippen LogP contribution in [0.4, 0.5) is 0 Å². The molecule has 0 fully saturated rings. The van der Waals surface area contributed by atoms with Crippen LogP contribution in [0.15, 0.2) is 4.42 Å². The molecule has 1 aromatic heterocycles.